The topological polar surface area (TPSA) is 59.8 Å². The second kappa shape index (κ2) is 6.45. The highest BCUT2D eigenvalue weighted by atomic mass is 35.5. The van der Waals surface area contributed by atoms with E-state index in [1.807, 2.05) is 31.5 Å². The summed E-state index contributed by atoms with van der Waals surface area (Å²) < 4.78 is 1.96. The summed E-state index contributed by atoms with van der Waals surface area (Å²) >= 11 is 6.31. The number of pyridine rings is 1. The van der Waals surface area contributed by atoms with Crippen LogP contribution in [0.1, 0.15) is 21.7 Å². The number of benzene rings is 1. The van der Waals surface area contributed by atoms with Crippen molar-refractivity contribution in [2.24, 2.45) is 7.05 Å². The van der Waals surface area contributed by atoms with E-state index in [-0.39, 0.29) is 5.91 Å². The summed E-state index contributed by atoms with van der Waals surface area (Å²) in [5.41, 5.74) is 3.82. The lowest BCUT2D eigenvalue weighted by molar-refractivity contribution is 0.102. The van der Waals surface area contributed by atoms with Crippen LogP contribution in [0.15, 0.2) is 42.7 Å². The lowest BCUT2D eigenvalue weighted by atomic mass is 10.1. The number of aromatic nitrogens is 3. The fourth-order valence-electron chi connectivity index (χ4n) is 2.32. The SMILES string of the molecule is Cc1ccc(C(=O)Nc2ccc(Cl)c(-c3ncc(C)n3C)c2)cn1. The molecule has 2 heterocycles. The van der Waals surface area contributed by atoms with Crippen molar-refractivity contribution in [1.29, 1.82) is 0 Å². The van der Waals surface area contributed by atoms with Crippen LogP contribution in [0.25, 0.3) is 11.4 Å². The molecule has 0 bridgehead atoms. The molecule has 2 aromatic heterocycles. The first-order valence-electron chi connectivity index (χ1n) is 7.48. The van der Waals surface area contributed by atoms with Gasteiger partial charge in [-0.2, -0.15) is 0 Å². The summed E-state index contributed by atoms with van der Waals surface area (Å²) in [6.45, 7) is 3.85. The van der Waals surface area contributed by atoms with Crippen molar-refractivity contribution in [3.63, 3.8) is 0 Å². The van der Waals surface area contributed by atoms with Gasteiger partial charge >= 0.3 is 0 Å². The fourth-order valence-corrected chi connectivity index (χ4v) is 2.53. The zero-order valence-corrected chi connectivity index (χ0v) is 14.4. The lowest BCUT2D eigenvalue weighted by Crippen LogP contribution is -2.12. The Labute approximate surface area is 145 Å². The van der Waals surface area contributed by atoms with E-state index in [9.17, 15) is 4.79 Å². The van der Waals surface area contributed by atoms with Crippen LogP contribution in [0.3, 0.4) is 0 Å². The molecule has 122 valence electrons. The van der Waals surface area contributed by atoms with E-state index >= 15 is 0 Å². The molecule has 1 N–H and O–H groups in total. The van der Waals surface area contributed by atoms with Crippen molar-refractivity contribution in [2.75, 3.05) is 5.32 Å². The van der Waals surface area contributed by atoms with Gasteiger partial charge in [0.25, 0.3) is 5.91 Å². The fraction of sp³-hybridized carbons (Fsp3) is 0.167. The summed E-state index contributed by atoms with van der Waals surface area (Å²) in [7, 11) is 1.93. The normalized spacial score (nSPS) is 10.7. The minimum absolute atomic E-state index is 0.216. The molecule has 5 nitrogen and oxygen atoms in total. The average Bonchev–Trinajstić information content (AvgIpc) is 2.89. The molecule has 0 aliphatic heterocycles. The highest BCUT2D eigenvalue weighted by Gasteiger charge is 2.13. The predicted octanol–water partition coefficient (Wildman–Crippen LogP) is 4.00. The quantitative estimate of drug-likeness (QED) is 0.783. The Bertz CT molecular complexity index is 900. The maximum atomic E-state index is 12.3. The van der Waals surface area contributed by atoms with Crippen molar-refractivity contribution in [2.45, 2.75) is 13.8 Å². The molecular weight excluding hydrogens is 324 g/mol. The summed E-state index contributed by atoms with van der Waals surface area (Å²) in [6.07, 6.45) is 3.35. The van der Waals surface area contributed by atoms with Crippen LogP contribution in [0.2, 0.25) is 5.02 Å². The van der Waals surface area contributed by atoms with E-state index < -0.39 is 0 Å². The van der Waals surface area contributed by atoms with Gasteiger partial charge in [-0.05, 0) is 44.2 Å². The number of carbonyl (C=O) groups is 1. The minimum atomic E-state index is -0.216. The molecule has 6 heteroatoms. The van der Waals surface area contributed by atoms with Crippen molar-refractivity contribution in [1.82, 2.24) is 14.5 Å². The number of hydrogen-bond donors (Lipinski definition) is 1. The molecule has 0 spiro atoms. The van der Waals surface area contributed by atoms with E-state index in [1.54, 1.807) is 36.7 Å². The first-order chi connectivity index (χ1) is 11.5. The zero-order chi connectivity index (χ0) is 17.3. The van der Waals surface area contributed by atoms with Gasteiger partial charge in [0.15, 0.2) is 0 Å². The average molecular weight is 341 g/mol. The Hall–Kier alpha value is -2.66. The summed E-state index contributed by atoms with van der Waals surface area (Å²) in [5, 5.41) is 3.45. The molecule has 0 aliphatic carbocycles. The van der Waals surface area contributed by atoms with Gasteiger partial charge in [-0.15, -0.1) is 0 Å². The van der Waals surface area contributed by atoms with Crippen LogP contribution in [-0.2, 0) is 7.05 Å². The van der Waals surface area contributed by atoms with Crippen LogP contribution in [0, 0.1) is 13.8 Å². The number of halogens is 1. The largest absolute Gasteiger partial charge is 0.331 e. The summed E-state index contributed by atoms with van der Waals surface area (Å²) in [6, 6.07) is 8.89. The molecule has 0 saturated heterocycles. The third-order valence-corrected chi connectivity index (χ3v) is 4.19. The van der Waals surface area contributed by atoms with Gasteiger partial charge in [0.2, 0.25) is 0 Å². The number of anilines is 1. The first kappa shape index (κ1) is 16.2. The number of nitrogens with zero attached hydrogens (tertiary/aromatic N) is 3. The molecule has 0 radical (unpaired) electrons. The molecule has 0 fully saturated rings. The molecular formula is C18H17ClN4O. The predicted molar refractivity (Wildman–Crippen MR) is 95.3 cm³/mol. The van der Waals surface area contributed by atoms with Gasteiger partial charge in [-0.25, -0.2) is 4.98 Å². The molecule has 1 amide bonds. The third kappa shape index (κ3) is 3.16. The lowest BCUT2D eigenvalue weighted by Gasteiger charge is -2.10. The van der Waals surface area contributed by atoms with E-state index in [1.165, 1.54) is 0 Å². The molecule has 1 aromatic carbocycles. The van der Waals surface area contributed by atoms with Crippen molar-refractivity contribution >= 4 is 23.2 Å². The van der Waals surface area contributed by atoms with Crippen molar-refractivity contribution in [3.8, 4) is 11.4 Å². The van der Waals surface area contributed by atoms with Crippen LogP contribution in [-0.4, -0.2) is 20.4 Å². The minimum Gasteiger partial charge on any atom is -0.331 e. The molecule has 3 rings (SSSR count). The molecule has 0 atom stereocenters. The number of rotatable bonds is 3. The Morgan fingerprint density at radius 3 is 2.54 bits per heavy atom. The second-order valence-corrected chi connectivity index (χ2v) is 6.03. The maximum Gasteiger partial charge on any atom is 0.257 e. The van der Waals surface area contributed by atoms with Gasteiger partial charge < -0.3 is 9.88 Å². The zero-order valence-electron chi connectivity index (χ0n) is 13.7. The highest BCUT2D eigenvalue weighted by Crippen LogP contribution is 2.30. The number of imidazole rings is 1. The van der Waals surface area contributed by atoms with Crippen molar-refractivity contribution in [3.05, 3.63) is 64.7 Å². The smallest absolute Gasteiger partial charge is 0.257 e. The Morgan fingerprint density at radius 2 is 1.92 bits per heavy atom. The number of nitrogens with one attached hydrogen (secondary N) is 1. The van der Waals surface area contributed by atoms with Crippen molar-refractivity contribution < 1.29 is 4.79 Å². The second-order valence-electron chi connectivity index (χ2n) is 5.62. The monoisotopic (exact) mass is 340 g/mol. The molecule has 0 aliphatic rings. The van der Waals surface area contributed by atoms with E-state index in [4.69, 9.17) is 11.6 Å². The molecule has 0 saturated carbocycles. The first-order valence-corrected chi connectivity index (χ1v) is 7.86. The molecule has 24 heavy (non-hydrogen) atoms. The standard InChI is InChI=1S/C18H17ClN4O/c1-11-4-5-13(10-20-11)18(24)22-14-6-7-16(19)15(8-14)17-21-9-12(2)23(17)3/h4-10H,1-3H3,(H,22,24). The van der Waals surface area contributed by atoms with Gasteiger partial charge in [-0.1, -0.05) is 11.6 Å². The van der Waals surface area contributed by atoms with E-state index in [2.05, 4.69) is 15.3 Å². The number of hydrogen-bond acceptors (Lipinski definition) is 3. The van der Waals surface area contributed by atoms with Crippen LogP contribution in [0.4, 0.5) is 5.69 Å². The van der Waals surface area contributed by atoms with E-state index in [0.29, 0.717) is 16.3 Å². The Balaban J connectivity index is 1.90. The van der Waals surface area contributed by atoms with Crippen LogP contribution in [0.5, 0.6) is 0 Å². The third-order valence-electron chi connectivity index (χ3n) is 3.86. The van der Waals surface area contributed by atoms with Gasteiger partial charge in [0, 0.05) is 42.1 Å². The van der Waals surface area contributed by atoms with Crippen LogP contribution >= 0.6 is 11.6 Å². The van der Waals surface area contributed by atoms with Gasteiger partial charge in [0.05, 0.1) is 10.6 Å². The van der Waals surface area contributed by atoms with Crippen LogP contribution < -0.4 is 5.32 Å². The Morgan fingerprint density at radius 1 is 1.12 bits per heavy atom. The van der Waals surface area contributed by atoms with E-state index in [0.717, 1.165) is 22.8 Å². The van der Waals surface area contributed by atoms with Gasteiger partial charge in [0.1, 0.15) is 5.82 Å². The number of aryl methyl sites for hydroxylation is 2. The van der Waals surface area contributed by atoms with Gasteiger partial charge in [-0.3, -0.25) is 9.78 Å². The maximum absolute atomic E-state index is 12.3. The molecule has 3 aromatic rings. The summed E-state index contributed by atoms with van der Waals surface area (Å²) in [4.78, 5) is 20.9. The highest BCUT2D eigenvalue weighted by molar-refractivity contribution is 6.33. The number of carbonyl (C=O) groups excluding carboxylic acids is 1. The summed E-state index contributed by atoms with van der Waals surface area (Å²) in [5.74, 6) is 0.539. The Kier molecular flexibility index (Phi) is 4.36. The number of amides is 1. The molecule has 0 unspecified atom stereocenters.